The maximum absolute atomic E-state index is 12.7. The fourth-order valence-corrected chi connectivity index (χ4v) is 3.07. The lowest BCUT2D eigenvalue weighted by Crippen LogP contribution is -2.36. The first-order chi connectivity index (χ1) is 11.0. The van der Waals surface area contributed by atoms with Crippen molar-refractivity contribution in [3.8, 4) is 11.5 Å². The van der Waals surface area contributed by atoms with Gasteiger partial charge in [-0.25, -0.2) is 4.79 Å². The van der Waals surface area contributed by atoms with Crippen molar-refractivity contribution in [1.82, 2.24) is 10.2 Å². The molecule has 3 amide bonds. The number of ether oxygens (including phenoxy) is 2. The predicted octanol–water partition coefficient (Wildman–Crippen LogP) is 2.49. The van der Waals surface area contributed by atoms with Gasteiger partial charge in [0.25, 0.3) is 5.91 Å². The zero-order valence-electron chi connectivity index (χ0n) is 13.7. The second-order valence-corrected chi connectivity index (χ2v) is 6.27. The van der Waals surface area contributed by atoms with Crippen molar-refractivity contribution in [2.45, 2.75) is 32.2 Å². The van der Waals surface area contributed by atoms with Crippen LogP contribution in [0.15, 0.2) is 18.2 Å². The molecule has 124 valence electrons. The fourth-order valence-electron chi connectivity index (χ4n) is 3.07. The molecule has 2 aliphatic rings. The van der Waals surface area contributed by atoms with E-state index in [4.69, 9.17) is 9.47 Å². The number of carbonyl (C=O) groups excluding carboxylic acids is 2. The SMILES string of the molecule is CCC1(CN2C(=O)NC(c3ccc(OC)cc3OC)C2=O)CC1. The van der Waals surface area contributed by atoms with Gasteiger partial charge < -0.3 is 14.8 Å². The van der Waals surface area contributed by atoms with E-state index in [1.54, 1.807) is 25.3 Å². The number of imide groups is 1. The smallest absolute Gasteiger partial charge is 0.325 e. The molecule has 1 aliphatic carbocycles. The van der Waals surface area contributed by atoms with E-state index < -0.39 is 6.04 Å². The molecule has 23 heavy (non-hydrogen) atoms. The first kappa shape index (κ1) is 15.6. The summed E-state index contributed by atoms with van der Waals surface area (Å²) in [6.45, 7) is 2.61. The van der Waals surface area contributed by atoms with E-state index in [0.717, 1.165) is 19.3 Å². The summed E-state index contributed by atoms with van der Waals surface area (Å²) >= 11 is 0. The number of hydrogen-bond acceptors (Lipinski definition) is 4. The number of benzene rings is 1. The minimum atomic E-state index is -0.698. The van der Waals surface area contributed by atoms with Crippen LogP contribution in [0.4, 0.5) is 4.79 Å². The van der Waals surface area contributed by atoms with Gasteiger partial charge in [0, 0.05) is 18.2 Å². The van der Waals surface area contributed by atoms with Crippen LogP contribution in [-0.4, -0.2) is 37.6 Å². The number of carbonyl (C=O) groups is 2. The van der Waals surface area contributed by atoms with Gasteiger partial charge in [-0.05, 0) is 36.8 Å². The molecule has 1 aliphatic heterocycles. The maximum Gasteiger partial charge on any atom is 0.325 e. The van der Waals surface area contributed by atoms with Gasteiger partial charge >= 0.3 is 6.03 Å². The Bertz CT molecular complexity index is 639. The quantitative estimate of drug-likeness (QED) is 0.818. The van der Waals surface area contributed by atoms with Crippen LogP contribution in [-0.2, 0) is 4.79 Å². The van der Waals surface area contributed by atoms with Crippen molar-refractivity contribution < 1.29 is 19.1 Å². The molecule has 1 saturated heterocycles. The van der Waals surface area contributed by atoms with Gasteiger partial charge in [0.1, 0.15) is 17.5 Å². The van der Waals surface area contributed by atoms with E-state index >= 15 is 0 Å². The zero-order chi connectivity index (χ0) is 16.6. The van der Waals surface area contributed by atoms with Crippen LogP contribution in [0, 0.1) is 5.41 Å². The third-order valence-electron chi connectivity index (χ3n) is 4.98. The number of methoxy groups -OCH3 is 2. The lowest BCUT2D eigenvalue weighted by molar-refractivity contribution is -0.128. The first-order valence-corrected chi connectivity index (χ1v) is 7.87. The summed E-state index contributed by atoms with van der Waals surface area (Å²) in [6.07, 6.45) is 3.15. The zero-order valence-corrected chi connectivity index (χ0v) is 13.7. The first-order valence-electron chi connectivity index (χ1n) is 7.87. The molecule has 1 aromatic carbocycles. The van der Waals surface area contributed by atoms with Crippen LogP contribution in [0.2, 0.25) is 0 Å². The van der Waals surface area contributed by atoms with E-state index in [1.165, 1.54) is 12.0 Å². The van der Waals surface area contributed by atoms with E-state index in [0.29, 0.717) is 23.6 Å². The van der Waals surface area contributed by atoms with Crippen LogP contribution < -0.4 is 14.8 Å². The molecule has 1 N–H and O–H groups in total. The average molecular weight is 318 g/mol. The number of hydrogen-bond donors (Lipinski definition) is 1. The van der Waals surface area contributed by atoms with E-state index in [2.05, 4.69) is 12.2 Å². The lowest BCUT2D eigenvalue weighted by atomic mass is 10.0. The van der Waals surface area contributed by atoms with Crippen LogP contribution in [0.25, 0.3) is 0 Å². The summed E-state index contributed by atoms with van der Waals surface area (Å²) in [5.41, 5.74) is 0.779. The second kappa shape index (κ2) is 5.76. The molecule has 1 aromatic rings. The molecule has 0 radical (unpaired) electrons. The molecule has 0 aromatic heterocycles. The van der Waals surface area contributed by atoms with Crippen molar-refractivity contribution in [1.29, 1.82) is 0 Å². The summed E-state index contributed by atoms with van der Waals surface area (Å²) < 4.78 is 10.5. The average Bonchev–Trinajstić information content (AvgIpc) is 3.31. The lowest BCUT2D eigenvalue weighted by Gasteiger charge is -2.20. The molecule has 6 nitrogen and oxygen atoms in total. The molecule has 2 fully saturated rings. The van der Waals surface area contributed by atoms with Gasteiger partial charge in [-0.15, -0.1) is 0 Å². The van der Waals surface area contributed by atoms with Gasteiger partial charge in [0.05, 0.1) is 14.2 Å². The predicted molar refractivity (Wildman–Crippen MR) is 84.5 cm³/mol. The van der Waals surface area contributed by atoms with E-state index in [-0.39, 0.29) is 17.4 Å². The summed E-state index contributed by atoms with van der Waals surface area (Å²) in [5, 5.41) is 2.77. The number of rotatable bonds is 6. The number of urea groups is 1. The topological polar surface area (TPSA) is 67.9 Å². The Balaban J connectivity index is 1.84. The summed E-state index contributed by atoms with van der Waals surface area (Å²) in [4.78, 5) is 26.3. The second-order valence-electron chi connectivity index (χ2n) is 6.27. The molecule has 1 atom stereocenters. The molecule has 1 heterocycles. The van der Waals surface area contributed by atoms with Crippen molar-refractivity contribution in [3.63, 3.8) is 0 Å². The third-order valence-corrected chi connectivity index (χ3v) is 4.98. The van der Waals surface area contributed by atoms with Crippen LogP contribution in [0.3, 0.4) is 0 Å². The Kier molecular flexibility index (Phi) is 3.92. The monoisotopic (exact) mass is 318 g/mol. The highest BCUT2D eigenvalue weighted by Gasteiger charge is 2.48. The van der Waals surface area contributed by atoms with Gasteiger partial charge in [0.2, 0.25) is 0 Å². The summed E-state index contributed by atoms with van der Waals surface area (Å²) in [6, 6.07) is 4.21. The Morgan fingerprint density at radius 3 is 2.57 bits per heavy atom. The van der Waals surface area contributed by atoms with Gasteiger partial charge in [0.15, 0.2) is 0 Å². The minimum Gasteiger partial charge on any atom is -0.497 e. The van der Waals surface area contributed by atoms with Gasteiger partial charge in [-0.3, -0.25) is 9.69 Å². The highest BCUT2D eigenvalue weighted by Crippen LogP contribution is 2.49. The highest BCUT2D eigenvalue weighted by atomic mass is 16.5. The molecule has 1 saturated carbocycles. The van der Waals surface area contributed by atoms with Crippen molar-refractivity contribution >= 4 is 11.9 Å². The third kappa shape index (κ3) is 2.73. The van der Waals surface area contributed by atoms with Crippen LogP contribution >= 0.6 is 0 Å². The van der Waals surface area contributed by atoms with E-state index in [1.807, 2.05) is 0 Å². The minimum absolute atomic E-state index is 0.131. The summed E-state index contributed by atoms with van der Waals surface area (Å²) in [7, 11) is 3.10. The highest BCUT2D eigenvalue weighted by molar-refractivity contribution is 6.05. The molecule has 0 bridgehead atoms. The Morgan fingerprint density at radius 1 is 1.26 bits per heavy atom. The van der Waals surface area contributed by atoms with E-state index in [9.17, 15) is 9.59 Å². The standard InChI is InChI=1S/C17H22N2O4/c1-4-17(7-8-17)10-19-15(20)14(18-16(19)21)12-6-5-11(22-2)9-13(12)23-3/h5-6,9,14H,4,7-8,10H2,1-3H3,(H,18,21). The van der Waals surface area contributed by atoms with Crippen molar-refractivity contribution in [2.24, 2.45) is 5.41 Å². The Labute approximate surface area is 135 Å². The Morgan fingerprint density at radius 2 is 2.00 bits per heavy atom. The molecule has 0 spiro atoms. The summed E-state index contributed by atoms with van der Waals surface area (Å²) in [5.74, 6) is 0.960. The maximum atomic E-state index is 12.7. The van der Waals surface area contributed by atoms with Crippen molar-refractivity contribution in [3.05, 3.63) is 23.8 Å². The molecule has 6 heteroatoms. The van der Waals surface area contributed by atoms with Gasteiger partial charge in [-0.2, -0.15) is 0 Å². The van der Waals surface area contributed by atoms with Crippen LogP contribution in [0.5, 0.6) is 11.5 Å². The fraction of sp³-hybridized carbons (Fsp3) is 0.529. The normalized spacial score (nSPS) is 22.0. The molecular weight excluding hydrogens is 296 g/mol. The Hall–Kier alpha value is -2.24. The van der Waals surface area contributed by atoms with Crippen molar-refractivity contribution in [2.75, 3.05) is 20.8 Å². The molecule has 1 unspecified atom stereocenters. The molecular formula is C17H22N2O4. The largest absolute Gasteiger partial charge is 0.497 e. The van der Waals surface area contributed by atoms with Crippen LogP contribution in [0.1, 0.15) is 37.8 Å². The number of amides is 3. The molecule has 3 rings (SSSR count). The number of nitrogens with one attached hydrogen (secondary N) is 1. The van der Waals surface area contributed by atoms with Gasteiger partial charge in [-0.1, -0.05) is 6.92 Å². The number of nitrogens with zero attached hydrogens (tertiary/aromatic N) is 1.